The van der Waals surface area contributed by atoms with Crippen molar-refractivity contribution in [1.29, 1.82) is 0 Å². The molecule has 0 bridgehead atoms. The number of aromatic nitrogens is 4. The summed E-state index contributed by atoms with van der Waals surface area (Å²) in [7, 11) is 0. The largest absolute Gasteiger partial charge is 0.381 e. The van der Waals surface area contributed by atoms with Crippen molar-refractivity contribution < 1.29 is 4.74 Å². The number of aromatic amines is 1. The van der Waals surface area contributed by atoms with E-state index in [-0.39, 0.29) is 0 Å². The smallest absolute Gasteiger partial charge is 0.130 e. The number of nitrogens with zero attached hydrogens (tertiary/aromatic N) is 3. The average Bonchev–Trinajstić information content (AvgIpc) is 3.09. The third-order valence-electron chi connectivity index (χ3n) is 3.20. The number of rotatable bonds is 4. The molecular weight excluding hydrogens is 242 g/mol. The fraction of sp³-hybridized carbons (Fsp3) is 0.462. The first kappa shape index (κ1) is 12.1. The van der Waals surface area contributed by atoms with Crippen LogP contribution >= 0.6 is 0 Å². The molecule has 0 spiro atoms. The van der Waals surface area contributed by atoms with Crippen molar-refractivity contribution in [3.05, 3.63) is 35.8 Å². The first-order valence-electron chi connectivity index (χ1n) is 6.47. The van der Waals surface area contributed by atoms with E-state index in [0.29, 0.717) is 12.5 Å². The highest BCUT2D eigenvalue weighted by atomic mass is 16.5. The van der Waals surface area contributed by atoms with E-state index >= 15 is 0 Å². The molecule has 3 heterocycles. The van der Waals surface area contributed by atoms with Crippen LogP contribution in [0.5, 0.6) is 0 Å². The molecule has 0 unspecified atom stereocenters. The summed E-state index contributed by atoms with van der Waals surface area (Å²) in [5.74, 6) is 2.91. The molecule has 0 aliphatic carbocycles. The average molecular weight is 259 g/mol. The topological polar surface area (TPSA) is 75.7 Å². The molecule has 0 saturated carbocycles. The van der Waals surface area contributed by atoms with Gasteiger partial charge in [-0.1, -0.05) is 0 Å². The van der Waals surface area contributed by atoms with Gasteiger partial charge in [0.25, 0.3) is 0 Å². The highest BCUT2D eigenvalue weighted by Crippen LogP contribution is 2.25. The van der Waals surface area contributed by atoms with Gasteiger partial charge in [-0.3, -0.25) is 0 Å². The van der Waals surface area contributed by atoms with E-state index < -0.39 is 0 Å². The van der Waals surface area contributed by atoms with Crippen LogP contribution in [0.15, 0.2) is 18.5 Å². The lowest BCUT2D eigenvalue weighted by atomic mass is 10.0. The number of aryl methyl sites for hydroxylation is 1. The summed E-state index contributed by atoms with van der Waals surface area (Å²) < 4.78 is 5.41. The van der Waals surface area contributed by atoms with E-state index in [1.54, 1.807) is 6.20 Å². The van der Waals surface area contributed by atoms with Crippen molar-refractivity contribution in [2.75, 3.05) is 18.5 Å². The highest BCUT2D eigenvalue weighted by molar-refractivity contribution is 5.37. The van der Waals surface area contributed by atoms with Crippen LogP contribution in [0.25, 0.3) is 0 Å². The van der Waals surface area contributed by atoms with Crippen LogP contribution < -0.4 is 5.32 Å². The highest BCUT2D eigenvalue weighted by Gasteiger charge is 2.20. The predicted octanol–water partition coefficient (Wildman–Crippen LogP) is 1.62. The Morgan fingerprint density at radius 3 is 3.16 bits per heavy atom. The van der Waals surface area contributed by atoms with Gasteiger partial charge in [-0.05, 0) is 13.3 Å². The number of ether oxygens (including phenoxy) is 1. The quantitative estimate of drug-likeness (QED) is 0.872. The van der Waals surface area contributed by atoms with Crippen molar-refractivity contribution in [3.63, 3.8) is 0 Å². The van der Waals surface area contributed by atoms with Gasteiger partial charge < -0.3 is 15.0 Å². The molecule has 100 valence electrons. The maximum Gasteiger partial charge on any atom is 0.130 e. The van der Waals surface area contributed by atoms with Crippen LogP contribution in [-0.2, 0) is 11.3 Å². The third-order valence-corrected chi connectivity index (χ3v) is 3.20. The number of anilines is 1. The Bertz CT molecular complexity index is 534. The number of hydrogen-bond donors (Lipinski definition) is 2. The van der Waals surface area contributed by atoms with Gasteiger partial charge in [0, 0.05) is 31.0 Å². The zero-order valence-corrected chi connectivity index (χ0v) is 10.9. The number of hydrogen-bond acceptors (Lipinski definition) is 5. The van der Waals surface area contributed by atoms with Crippen molar-refractivity contribution in [3.8, 4) is 0 Å². The Hall–Kier alpha value is -1.95. The third kappa shape index (κ3) is 2.90. The van der Waals surface area contributed by atoms with E-state index in [0.717, 1.165) is 42.8 Å². The van der Waals surface area contributed by atoms with E-state index in [1.807, 2.05) is 19.2 Å². The second-order valence-electron chi connectivity index (χ2n) is 4.68. The molecule has 6 nitrogen and oxygen atoms in total. The monoisotopic (exact) mass is 259 g/mol. The second kappa shape index (κ2) is 5.36. The van der Waals surface area contributed by atoms with Gasteiger partial charge >= 0.3 is 0 Å². The standard InChI is InChI=1S/C13H17N5O/c1-9-17-11(10-2-5-19-8-10)6-12(18-9)16-7-13-14-3-4-15-13/h3-4,6,10H,2,5,7-8H2,1H3,(H,14,15)(H,16,17,18)/t10-/m0/s1. The van der Waals surface area contributed by atoms with Crippen molar-refractivity contribution >= 4 is 5.82 Å². The summed E-state index contributed by atoms with van der Waals surface area (Å²) in [6, 6.07) is 2.01. The van der Waals surface area contributed by atoms with Crippen LogP contribution in [0, 0.1) is 6.92 Å². The van der Waals surface area contributed by atoms with Crippen molar-refractivity contribution in [1.82, 2.24) is 19.9 Å². The Balaban J connectivity index is 1.73. The lowest BCUT2D eigenvalue weighted by Gasteiger charge is -2.11. The zero-order chi connectivity index (χ0) is 13.1. The van der Waals surface area contributed by atoms with Gasteiger partial charge in [-0.2, -0.15) is 0 Å². The number of nitrogens with one attached hydrogen (secondary N) is 2. The molecule has 2 aromatic heterocycles. The first-order chi connectivity index (χ1) is 9.31. The summed E-state index contributed by atoms with van der Waals surface area (Å²) in [4.78, 5) is 16.1. The van der Waals surface area contributed by atoms with Gasteiger partial charge in [-0.15, -0.1) is 0 Å². The molecule has 1 aliphatic rings. The molecule has 2 aromatic rings. The Morgan fingerprint density at radius 2 is 2.42 bits per heavy atom. The summed E-state index contributed by atoms with van der Waals surface area (Å²) in [5.41, 5.74) is 1.06. The normalized spacial score (nSPS) is 18.7. The lowest BCUT2D eigenvalue weighted by Crippen LogP contribution is -2.08. The Morgan fingerprint density at radius 1 is 1.47 bits per heavy atom. The molecule has 0 aromatic carbocycles. The zero-order valence-electron chi connectivity index (χ0n) is 10.9. The fourth-order valence-electron chi connectivity index (χ4n) is 2.23. The van der Waals surface area contributed by atoms with Gasteiger partial charge in [0.05, 0.1) is 18.8 Å². The van der Waals surface area contributed by atoms with E-state index in [4.69, 9.17) is 4.74 Å². The molecule has 19 heavy (non-hydrogen) atoms. The molecule has 2 N–H and O–H groups in total. The number of imidazole rings is 1. The molecular formula is C13H17N5O. The molecule has 0 amide bonds. The molecule has 1 fully saturated rings. The summed E-state index contributed by atoms with van der Waals surface area (Å²) in [6.45, 7) is 4.12. The Labute approximate surface area is 111 Å². The van der Waals surface area contributed by atoms with Crippen LogP contribution in [-0.4, -0.2) is 33.1 Å². The van der Waals surface area contributed by atoms with E-state index in [1.165, 1.54) is 0 Å². The van der Waals surface area contributed by atoms with Gasteiger partial charge in [-0.25, -0.2) is 15.0 Å². The molecule has 1 atom stereocenters. The first-order valence-corrected chi connectivity index (χ1v) is 6.47. The van der Waals surface area contributed by atoms with Crippen LogP contribution in [0.1, 0.15) is 29.7 Å². The molecule has 6 heteroatoms. The summed E-state index contributed by atoms with van der Waals surface area (Å²) in [5, 5.41) is 3.27. The SMILES string of the molecule is Cc1nc(NCc2ncc[nH]2)cc([C@H]2CCOC2)n1. The van der Waals surface area contributed by atoms with Gasteiger partial charge in [0.2, 0.25) is 0 Å². The van der Waals surface area contributed by atoms with E-state index in [9.17, 15) is 0 Å². The molecule has 1 saturated heterocycles. The maximum atomic E-state index is 5.41. The molecule has 3 rings (SSSR count). The minimum Gasteiger partial charge on any atom is -0.381 e. The van der Waals surface area contributed by atoms with Gasteiger partial charge in [0.15, 0.2) is 0 Å². The summed E-state index contributed by atoms with van der Waals surface area (Å²) in [6.07, 6.45) is 4.58. The number of H-pyrrole nitrogens is 1. The minimum absolute atomic E-state index is 0.394. The van der Waals surface area contributed by atoms with Crippen LogP contribution in [0.2, 0.25) is 0 Å². The minimum atomic E-state index is 0.394. The van der Waals surface area contributed by atoms with Crippen molar-refractivity contribution in [2.45, 2.75) is 25.8 Å². The van der Waals surface area contributed by atoms with E-state index in [2.05, 4.69) is 25.3 Å². The van der Waals surface area contributed by atoms with Crippen molar-refractivity contribution in [2.24, 2.45) is 0 Å². The fourth-order valence-corrected chi connectivity index (χ4v) is 2.23. The second-order valence-corrected chi connectivity index (χ2v) is 4.68. The van der Waals surface area contributed by atoms with Crippen LogP contribution in [0.3, 0.4) is 0 Å². The molecule has 0 radical (unpaired) electrons. The predicted molar refractivity (Wildman–Crippen MR) is 70.9 cm³/mol. The Kier molecular flexibility index (Phi) is 3.41. The maximum absolute atomic E-state index is 5.41. The molecule has 1 aliphatic heterocycles. The lowest BCUT2D eigenvalue weighted by molar-refractivity contribution is 0.193. The summed E-state index contributed by atoms with van der Waals surface area (Å²) >= 11 is 0. The van der Waals surface area contributed by atoms with Crippen LogP contribution in [0.4, 0.5) is 5.82 Å². The van der Waals surface area contributed by atoms with Gasteiger partial charge in [0.1, 0.15) is 17.5 Å².